The van der Waals surface area contributed by atoms with Gasteiger partial charge in [-0.15, -0.1) is 0 Å². The molecule has 3 rings (SSSR count). The van der Waals surface area contributed by atoms with Gasteiger partial charge in [-0.3, -0.25) is 9.59 Å². The van der Waals surface area contributed by atoms with E-state index in [0.29, 0.717) is 30.8 Å². The molecular weight excluding hydrogens is 314 g/mol. The molecule has 0 atom stereocenters. The van der Waals surface area contributed by atoms with Crippen LogP contribution in [0.15, 0.2) is 48.5 Å². The van der Waals surface area contributed by atoms with Crippen molar-refractivity contribution in [3.8, 4) is 5.75 Å². The molecule has 0 radical (unpaired) electrons. The minimum Gasteiger partial charge on any atom is -0.494 e. The van der Waals surface area contributed by atoms with Gasteiger partial charge in [0.05, 0.1) is 17.9 Å². The summed E-state index contributed by atoms with van der Waals surface area (Å²) < 4.78 is 5.76. The van der Waals surface area contributed by atoms with Gasteiger partial charge in [0.1, 0.15) is 5.75 Å². The molecule has 1 heterocycles. The maximum absolute atomic E-state index is 12.1. The number of amides is 1. The van der Waals surface area contributed by atoms with E-state index in [0.717, 1.165) is 5.75 Å². The zero-order valence-corrected chi connectivity index (χ0v) is 14.9. The summed E-state index contributed by atoms with van der Waals surface area (Å²) in [6.07, 6.45) is 0.661. The zero-order valence-electron chi connectivity index (χ0n) is 14.9. The first-order chi connectivity index (χ1) is 11.9. The Morgan fingerprint density at radius 3 is 2.32 bits per heavy atom. The van der Waals surface area contributed by atoms with Gasteiger partial charge in [-0.05, 0) is 41.7 Å². The summed E-state index contributed by atoms with van der Waals surface area (Å²) in [5.74, 6) is -0.0535. The number of rotatable bonds is 5. The standard InChI is InChI=1S/C21H23NO3/c1-21(2,3)15-9-11-16(12-10-15)25-14-6-13-22-18-8-5-4-7-17(18)19(23)20(22)24/h4-5,7-12H,6,13-14H2,1-3H3. The predicted molar refractivity (Wildman–Crippen MR) is 98.4 cm³/mol. The predicted octanol–water partition coefficient (Wildman–Crippen LogP) is 3.98. The lowest BCUT2D eigenvalue weighted by Gasteiger charge is -2.19. The highest BCUT2D eigenvalue weighted by Crippen LogP contribution is 2.28. The van der Waals surface area contributed by atoms with Crippen LogP contribution in [0.25, 0.3) is 0 Å². The monoisotopic (exact) mass is 337 g/mol. The second-order valence-corrected chi connectivity index (χ2v) is 7.28. The molecule has 1 amide bonds. The Balaban J connectivity index is 1.54. The molecule has 0 bridgehead atoms. The molecule has 2 aromatic carbocycles. The Morgan fingerprint density at radius 2 is 1.64 bits per heavy atom. The lowest BCUT2D eigenvalue weighted by Crippen LogP contribution is -2.31. The summed E-state index contributed by atoms with van der Waals surface area (Å²) in [5.41, 5.74) is 2.57. The minimum absolute atomic E-state index is 0.120. The van der Waals surface area contributed by atoms with Crippen molar-refractivity contribution in [2.45, 2.75) is 32.6 Å². The number of anilines is 1. The van der Waals surface area contributed by atoms with Crippen LogP contribution in [-0.4, -0.2) is 24.8 Å². The number of Topliss-reactive ketones (excluding diaryl/α,β-unsaturated/α-hetero) is 1. The van der Waals surface area contributed by atoms with E-state index in [1.54, 1.807) is 17.0 Å². The molecule has 0 saturated heterocycles. The van der Waals surface area contributed by atoms with E-state index >= 15 is 0 Å². The molecule has 25 heavy (non-hydrogen) atoms. The molecule has 0 N–H and O–H groups in total. The van der Waals surface area contributed by atoms with Gasteiger partial charge in [-0.25, -0.2) is 0 Å². The molecule has 2 aromatic rings. The lowest BCUT2D eigenvalue weighted by molar-refractivity contribution is -0.114. The molecule has 0 aliphatic carbocycles. The number of hydrogen-bond acceptors (Lipinski definition) is 3. The normalized spacial score (nSPS) is 14.0. The first kappa shape index (κ1) is 17.2. The molecule has 0 unspecified atom stereocenters. The third-order valence-electron chi connectivity index (χ3n) is 4.39. The number of benzene rings is 2. The van der Waals surface area contributed by atoms with Crippen LogP contribution >= 0.6 is 0 Å². The number of ether oxygens (including phenoxy) is 1. The van der Waals surface area contributed by atoms with E-state index < -0.39 is 11.7 Å². The van der Waals surface area contributed by atoms with E-state index in [1.807, 2.05) is 24.3 Å². The van der Waals surface area contributed by atoms with Crippen LogP contribution in [0.2, 0.25) is 0 Å². The van der Waals surface area contributed by atoms with Gasteiger partial charge in [-0.1, -0.05) is 45.0 Å². The molecule has 0 spiro atoms. The summed E-state index contributed by atoms with van der Waals surface area (Å²) in [5, 5.41) is 0. The first-order valence-electron chi connectivity index (χ1n) is 8.56. The smallest absolute Gasteiger partial charge is 0.299 e. The third-order valence-corrected chi connectivity index (χ3v) is 4.39. The summed E-state index contributed by atoms with van der Waals surface area (Å²) in [4.78, 5) is 25.6. The molecule has 0 fully saturated rings. The molecule has 4 nitrogen and oxygen atoms in total. The van der Waals surface area contributed by atoms with Crippen molar-refractivity contribution in [2.24, 2.45) is 0 Å². The van der Waals surface area contributed by atoms with Crippen LogP contribution in [0.3, 0.4) is 0 Å². The van der Waals surface area contributed by atoms with Crippen molar-refractivity contribution in [3.05, 3.63) is 59.7 Å². The Hall–Kier alpha value is -2.62. The van der Waals surface area contributed by atoms with Crippen molar-refractivity contribution in [2.75, 3.05) is 18.1 Å². The minimum atomic E-state index is -0.448. The van der Waals surface area contributed by atoms with Gasteiger partial charge < -0.3 is 9.64 Å². The van der Waals surface area contributed by atoms with Crippen LogP contribution in [0.5, 0.6) is 5.75 Å². The van der Waals surface area contributed by atoms with Gasteiger partial charge in [0.25, 0.3) is 11.7 Å². The number of fused-ring (bicyclic) bond motifs is 1. The Morgan fingerprint density at radius 1 is 0.960 bits per heavy atom. The van der Waals surface area contributed by atoms with Crippen molar-refractivity contribution >= 4 is 17.4 Å². The number of nitrogens with zero attached hydrogens (tertiary/aromatic N) is 1. The summed E-state index contributed by atoms with van der Waals surface area (Å²) >= 11 is 0. The molecule has 130 valence electrons. The largest absolute Gasteiger partial charge is 0.494 e. The summed E-state index contributed by atoms with van der Waals surface area (Å²) in [6, 6.07) is 15.2. The summed E-state index contributed by atoms with van der Waals surface area (Å²) in [7, 11) is 0. The molecule has 1 aliphatic rings. The number of carbonyl (C=O) groups excluding carboxylic acids is 2. The molecule has 0 aromatic heterocycles. The Kier molecular flexibility index (Phi) is 4.62. The van der Waals surface area contributed by atoms with Crippen LogP contribution in [-0.2, 0) is 10.2 Å². The van der Waals surface area contributed by atoms with Crippen LogP contribution in [0, 0.1) is 0 Å². The Bertz CT molecular complexity index is 788. The van der Waals surface area contributed by atoms with Crippen LogP contribution in [0.1, 0.15) is 43.1 Å². The van der Waals surface area contributed by atoms with Crippen molar-refractivity contribution in [3.63, 3.8) is 0 Å². The number of para-hydroxylation sites is 1. The van der Waals surface area contributed by atoms with E-state index in [2.05, 4.69) is 32.9 Å². The fourth-order valence-electron chi connectivity index (χ4n) is 2.93. The average molecular weight is 337 g/mol. The molecular formula is C21H23NO3. The SMILES string of the molecule is CC(C)(C)c1ccc(OCCCN2C(=O)C(=O)c3ccccc32)cc1. The van der Waals surface area contributed by atoms with Crippen molar-refractivity contribution in [1.29, 1.82) is 0 Å². The molecule has 0 saturated carbocycles. The van der Waals surface area contributed by atoms with Crippen molar-refractivity contribution < 1.29 is 14.3 Å². The highest BCUT2D eigenvalue weighted by atomic mass is 16.5. The Labute approximate surface area is 148 Å². The van der Waals surface area contributed by atoms with E-state index in [1.165, 1.54) is 5.56 Å². The maximum atomic E-state index is 12.1. The fourth-order valence-corrected chi connectivity index (χ4v) is 2.93. The van der Waals surface area contributed by atoms with Gasteiger partial charge in [0, 0.05) is 6.54 Å². The quantitative estimate of drug-likeness (QED) is 0.612. The van der Waals surface area contributed by atoms with Crippen molar-refractivity contribution in [1.82, 2.24) is 0 Å². The molecule has 4 heteroatoms. The van der Waals surface area contributed by atoms with Gasteiger partial charge in [-0.2, -0.15) is 0 Å². The topological polar surface area (TPSA) is 46.6 Å². The highest BCUT2D eigenvalue weighted by Gasteiger charge is 2.34. The number of hydrogen-bond donors (Lipinski definition) is 0. The second-order valence-electron chi connectivity index (χ2n) is 7.28. The average Bonchev–Trinajstić information content (AvgIpc) is 2.83. The number of ketones is 1. The van der Waals surface area contributed by atoms with E-state index in [4.69, 9.17) is 4.74 Å². The fraction of sp³-hybridized carbons (Fsp3) is 0.333. The van der Waals surface area contributed by atoms with Gasteiger partial charge in [0.15, 0.2) is 0 Å². The first-order valence-corrected chi connectivity index (χ1v) is 8.56. The van der Waals surface area contributed by atoms with Gasteiger partial charge >= 0.3 is 0 Å². The zero-order chi connectivity index (χ0) is 18.0. The molecule has 1 aliphatic heterocycles. The van der Waals surface area contributed by atoms with Gasteiger partial charge in [0.2, 0.25) is 0 Å². The van der Waals surface area contributed by atoms with E-state index in [9.17, 15) is 9.59 Å². The maximum Gasteiger partial charge on any atom is 0.299 e. The lowest BCUT2D eigenvalue weighted by atomic mass is 9.87. The summed E-state index contributed by atoms with van der Waals surface area (Å²) in [6.45, 7) is 7.50. The number of carbonyl (C=O) groups is 2. The van der Waals surface area contributed by atoms with Crippen LogP contribution < -0.4 is 9.64 Å². The van der Waals surface area contributed by atoms with E-state index in [-0.39, 0.29) is 5.41 Å². The van der Waals surface area contributed by atoms with Crippen LogP contribution in [0.4, 0.5) is 5.69 Å². The highest BCUT2D eigenvalue weighted by molar-refractivity contribution is 6.52. The third kappa shape index (κ3) is 3.58. The second kappa shape index (κ2) is 6.71.